The highest BCUT2D eigenvalue weighted by Crippen LogP contribution is 2.44. The van der Waals surface area contributed by atoms with Gasteiger partial charge >= 0.3 is 0 Å². The summed E-state index contributed by atoms with van der Waals surface area (Å²) in [5.74, 6) is 0. The van der Waals surface area contributed by atoms with Gasteiger partial charge in [0.05, 0.1) is 0 Å². The topological polar surface area (TPSA) is 16.4 Å². The molecule has 11 aromatic carbocycles. The van der Waals surface area contributed by atoms with Gasteiger partial charge in [-0.25, -0.2) is 0 Å². The predicted octanol–water partition coefficient (Wildman–Crippen LogP) is 17.7. The fourth-order valence-electron chi connectivity index (χ4n) is 9.54. The highest BCUT2D eigenvalue weighted by molar-refractivity contribution is 6.19. The molecule has 0 fully saturated rings. The zero-order valence-corrected chi connectivity index (χ0v) is 35.0. The Hall–Kier alpha value is -8.46. The molecule has 0 aliphatic carbocycles. The van der Waals surface area contributed by atoms with Crippen molar-refractivity contribution in [2.45, 2.75) is 0 Å². The summed E-state index contributed by atoms with van der Waals surface area (Å²) < 4.78 is 6.63. The van der Waals surface area contributed by atoms with E-state index in [-0.39, 0.29) is 0 Å². The van der Waals surface area contributed by atoms with Crippen LogP contribution in [0.1, 0.15) is 0 Å². The van der Waals surface area contributed by atoms with Crippen molar-refractivity contribution < 1.29 is 4.42 Å². The summed E-state index contributed by atoms with van der Waals surface area (Å²) in [6, 6.07) is 89.7. The Labute approximate surface area is 372 Å². The molecule has 1 aromatic heterocycles. The smallest absolute Gasteiger partial charge is 0.143 e. The van der Waals surface area contributed by atoms with Gasteiger partial charge in [0.1, 0.15) is 11.2 Å². The molecule has 0 unspecified atom stereocenters. The van der Waals surface area contributed by atoms with Crippen LogP contribution in [0, 0.1) is 0 Å². The molecule has 2 heteroatoms. The standard InChI is InChI=1S/C62H41NO/c1-3-15-42(16-4-1)49-37-50(43-17-5-2-6-18-43)39-51(38-49)44-31-34-52(35-32-44)63(53-24-11-22-47(40-53)56-28-13-21-45-19-7-9-26-55(45)56)54-25-12-23-48(41-54)57-29-14-30-60-61(57)59-36-33-46-20-8-10-27-58(46)62(59)64-60/h1-41H. The number of rotatable bonds is 8. The number of anilines is 3. The molecule has 12 aromatic rings. The fraction of sp³-hybridized carbons (Fsp3) is 0. The predicted molar refractivity (Wildman–Crippen MR) is 271 cm³/mol. The molecule has 300 valence electrons. The minimum atomic E-state index is 0.885. The lowest BCUT2D eigenvalue weighted by atomic mass is 9.93. The molecule has 0 amide bonds. The van der Waals surface area contributed by atoms with E-state index >= 15 is 0 Å². The van der Waals surface area contributed by atoms with Crippen molar-refractivity contribution in [2.24, 2.45) is 0 Å². The molecule has 1 heterocycles. The van der Waals surface area contributed by atoms with Gasteiger partial charge in [0, 0.05) is 33.2 Å². The molecule has 0 aliphatic rings. The van der Waals surface area contributed by atoms with Gasteiger partial charge in [-0.2, -0.15) is 0 Å². The van der Waals surface area contributed by atoms with Crippen LogP contribution in [-0.4, -0.2) is 0 Å². The Kier molecular flexibility index (Phi) is 9.20. The van der Waals surface area contributed by atoms with E-state index in [4.69, 9.17) is 4.42 Å². The summed E-state index contributed by atoms with van der Waals surface area (Å²) in [4.78, 5) is 2.39. The van der Waals surface area contributed by atoms with Crippen LogP contribution in [0.3, 0.4) is 0 Å². The van der Waals surface area contributed by atoms with Crippen LogP contribution in [0.4, 0.5) is 17.1 Å². The monoisotopic (exact) mass is 815 g/mol. The van der Waals surface area contributed by atoms with Gasteiger partial charge < -0.3 is 9.32 Å². The van der Waals surface area contributed by atoms with E-state index in [0.29, 0.717) is 0 Å². The first kappa shape index (κ1) is 37.3. The fourth-order valence-corrected chi connectivity index (χ4v) is 9.54. The van der Waals surface area contributed by atoms with Crippen molar-refractivity contribution in [2.75, 3.05) is 4.90 Å². The van der Waals surface area contributed by atoms with E-state index in [1.807, 2.05) is 0 Å². The Bertz CT molecular complexity index is 3600. The minimum absolute atomic E-state index is 0.885. The maximum absolute atomic E-state index is 6.63. The molecule has 0 aliphatic heterocycles. The van der Waals surface area contributed by atoms with E-state index in [1.54, 1.807) is 0 Å². The lowest BCUT2D eigenvalue weighted by Gasteiger charge is -2.27. The van der Waals surface area contributed by atoms with Crippen molar-refractivity contribution >= 4 is 60.5 Å². The van der Waals surface area contributed by atoms with Crippen molar-refractivity contribution in [3.8, 4) is 55.6 Å². The third-order valence-corrected chi connectivity index (χ3v) is 12.6. The van der Waals surface area contributed by atoms with E-state index in [0.717, 1.165) is 61.1 Å². The van der Waals surface area contributed by atoms with Gasteiger partial charge in [-0.3, -0.25) is 0 Å². The molecule has 0 saturated carbocycles. The van der Waals surface area contributed by atoms with Crippen LogP contribution in [-0.2, 0) is 0 Å². The maximum atomic E-state index is 6.63. The molecule has 0 radical (unpaired) electrons. The second kappa shape index (κ2) is 15.8. The van der Waals surface area contributed by atoms with Crippen LogP contribution in [0.2, 0.25) is 0 Å². The molecule has 0 saturated heterocycles. The first-order chi connectivity index (χ1) is 31.7. The molecule has 0 bridgehead atoms. The van der Waals surface area contributed by atoms with E-state index in [9.17, 15) is 0 Å². The molecular formula is C62H41NO. The summed E-state index contributed by atoms with van der Waals surface area (Å²) in [7, 11) is 0. The van der Waals surface area contributed by atoms with Crippen LogP contribution >= 0.6 is 0 Å². The second-order valence-corrected chi connectivity index (χ2v) is 16.5. The Morgan fingerprint density at radius 3 is 1.41 bits per heavy atom. The van der Waals surface area contributed by atoms with E-state index in [1.165, 1.54) is 55.1 Å². The molecule has 64 heavy (non-hydrogen) atoms. The molecule has 0 atom stereocenters. The minimum Gasteiger partial charge on any atom is -0.455 e. The number of fused-ring (bicyclic) bond motifs is 6. The number of hydrogen-bond acceptors (Lipinski definition) is 2. The summed E-state index contributed by atoms with van der Waals surface area (Å²) in [5, 5.41) is 7.01. The van der Waals surface area contributed by atoms with Crippen molar-refractivity contribution in [3.05, 3.63) is 249 Å². The van der Waals surface area contributed by atoms with Crippen LogP contribution in [0.25, 0.3) is 99.1 Å². The highest BCUT2D eigenvalue weighted by Gasteiger charge is 2.19. The van der Waals surface area contributed by atoms with Crippen molar-refractivity contribution in [3.63, 3.8) is 0 Å². The first-order valence-electron chi connectivity index (χ1n) is 21.9. The summed E-state index contributed by atoms with van der Waals surface area (Å²) >= 11 is 0. The summed E-state index contributed by atoms with van der Waals surface area (Å²) in [5.41, 5.74) is 16.8. The maximum Gasteiger partial charge on any atom is 0.143 e. The van der Waals surface area contributed by atoms with Crippen LogP contribution in [0.5, 0.6) is 0 Å². The zero-order chi connectivity index (χ0) is 42.4. The SMILES string of the molecule is c1ccc(-c2cc(-c3ccccc3)cc(-c3ccc(N(c4cccc(-c5cccc6ccccc56)c4)c4cccc(-c5cccc6oc7c8ccccc8ccc7c56)c4)cc3)c2)cc1. The number of furan rings is 1. The molecule has 2 nitrogen and oxygen atoms in total. The lowest BCUT2D eigenvalue weighted by molar-refractivity contribution is 0.673. The molecular weight excluding hydrogens is 775 g/mol. The van der Waals surface area contributed by atoms with E-state index in [2.05, 4.69) is 254 Å². The third-order valence-electron chi connectivity index (χ3n) is 12.6. The van der Waals surface area contributed by atoms with Gasteiger partial charge in [0.2, 0.25) is 0 Å². The Morgan fingerprint density at radius 1 is 0.266 bits per heavy atom. The lowest BCUT2D eigenvalue weighted by Crippen LogP contribution is -2.10. The Morgan fingerprint density at radius 2 is 0.750 bits per heavy atom. The number of benzene rings is 11. The quantitative estimate of drug-likeness (QED) is 0.152. The van der Waals surface area contributed by atoms with E-state index < -0.39 is 0 Å². The first-order valence-corrected chi connectivity index (χ1v) is 21.9. The van der Waals surface area contributed by atoms with Crippen molar-refractivity contribution in [1.82, 2.24) is 0 Å². The van der Waals surface area contributed by atoms with Gasteiger partial charge in [-0.15, -0.1) is 0 Å². The average Bonchev–Trinajstić information content (AvgIpc) is 3.77. The van der Waals surface area contributed by atoms with Gasteiger partial charge in [-0.1, -0.05) is 182 Å². The second-order valence-electron chi connectivity index (χ2n) is 16.5. The average molecular weight is 816 g/mol. The van der Waals surface area contributed by atoms with Crippen molar-refractivity contribution in [1.29, 1.82) is 0 Å². The summed E-state index contributed by atoms with van der Waals surface area (Å²) in [6.45, 7) is 0. The summed E-state index contributed by atoms with van der Waals surface area (Å²) in [6.07, 6.45) is 0. The number of nitrogens with zero attached hydrogens (tertiary/aromatic N) is 1. The van der Waals surface area contributed by atoms with Crippen LogP contribution in [0.15, 0.2) is 253 Å². The highest BCUT2D eigenvalue weighted by atomic mass is 16.3. The molecule has 0 N–H and O–H groups in total. The van der Waals surface area contributed by atoms with Gasteiger partial charge in [-0.05, 0) is 139 Å². The van der Waals surface area contributed by atoms with Gasteiger partial charge in [0.15, 0.2) is 0 Å². The Balaban J connectivity index is 1.01. The zero-order valence-electron chi connectivity index (χ0n) is 35.0. The third kappa shape index (κ3) is 6.70. The molecule has 0 spiro atoms. The number of hydrogen-bond donors (Lipinski definition) is 0. The normalized spacial score (nSPS) is 11.4. The molecule has 12 rings (SSSR count). The largest absolute Gasteiger partial charge is 0.455 e. The van der Waals surface area contributed by atoms with Gasteiger partial charge in [0.25, 0.3) is 0 Å². The van der Waals surface area contributed by atoms with Crippen LogP contribution < -0.4 is 4.90 Å².